The van der Waals surface area contributed by atoms with Gasteiger partial charge in [-0.3, -0.25) is 14.8 Å². The molecule has 1 aromatic rings. The molecule has 0 spiro atoms. The van der Waals surface area contributed by atoms with Crippen molar-refractivity contribution in [1.29, 1.82) is 0 Å². The van der Waals surface area contributed by atoms with Gasteiger partial charge < -0.3 is 0 Å². The fraction of sp³-hybridized carbons (Fsp3) is 0.333. The van der Waals surface area contributed by atoms with Gasteiger partial charge in [0.05, 0.1) is 22.4 Å². The van der Waals surface area contributed by atoms with Crippen molar-refractivity contribution in [1.82, 2.24) is 0 Å². The number of halogens is 2. The lowest BCUT2D eigenvalue weighted by Crippen LogP contribution is -2.17. The van der Waals surface area contributed by atoms with E-state index in [-0.39, 0.29) is 23.7 Å². The number of hydrogen-bond acceptors (Lipinski definition) is 4. The lowest BCUT2D eigenvalue weighted by molar-refractivity contribution is -0.385. The Morgan fingerprint density at radius 3 is 2.61 bits per heavy atom. The SMILES string of the molecule is O=[N+]([O-])c1cc(F)cc(NS(=O)(=O)CCCCl)c1. The van der Waals surface area contributed by atoms with Crippen LogP contribution in [0.1, 0.15) is 6.42 Å². The molecule has 0 aromatic heterocycles. The van der Waals surface area contributed by atoms with Gasteiger partial charge in [0.1, 0.15) is 5.82 Å². The van der Waals surface area contributed by atoms with Gasteiger partial charge in [0.2, 0.25) is 10.0 Å². The molecule has 18 heavy (non-hydrogen) atoms. The van der Waals surface area contributed by atoms with Crippen molar-refractivity contribution in [3.63, 3.8) is 0 Å². The van der Waals surface area contributed by atoms with Crippen LogP contribution < -0.4 is 4.72 Å². The minimum absolute atomic E-state index is 0.171. The van der Waals surface area contributed by atoms with Gasteiger partial charge >= 0.3 is 0 Å². The van der Waals surface area contributed by atoms with Crippen LogP contribution in [0.25, 0.3) is 0 Å². The minimum Gasteiger partial charge on any atom is -0.283 e. The molecular formula is C9H10ClFN2O4S. The second-order valence-electron chi connectivity index (χ2n) is 3.42. The Hall–Kier alpha value is -1.41. The van der Waals surface area contributed by atoms with E-state index in [1.807, 2.05) is 0 Å². The molecule has 1 N–H and O–H groups in total. The molecule has 0 aliphatic rings. The molecular weight excluding hydrogens is 287 g/mol. The van der Waals surface area contributed by atoms with E-state index in [2.05, 4.69) is 4.72 Å². The van der Waals surface area contributed by atoms with E-state index in [0.717, 1.165) is 12.1 Å². The first-order chi connectivity index (χ1) is 8.34. The molecule has 100 valence electrons. The summed E-state index contributed by atoms with van der Waals surface area (Å²) in [5.41, 5.74) is -0.707. The van der Waals surface area contributed by atoms with E-state index < -0.39 is 26.5 Å². The van der Waals surface area contributed by atoms with Crippen LogP contribution in [-0.2, 0) is 10.0 Å². The molecule has 0 radical (unpaired) electrons. The third kappa shape index (κ3) is 4.46. The fourth-order valence-corrected chi connectivity index (χ4v) is 2.61. The van der Waals surface area contributed by atoms with Crippen molar-refractivity contribution in [3.8, 4) is 0 Å². The van der Waals surface area contributed by atoms with Gasteiger partial charge in [-0.15, -0.1) is 11.6 Å². The molecule has 0 saturated heterocycles. The Labute approximate surface area is 108 Å². The van der Waals surface area contributed by atoms with Crippen molar-refractivity contribution >= 4 is 33.0 Å². The number of nitro groups is 1. The molecule has 1 rings (SSSR count). The van der Waals surface area contributed by atoms with Crippen LogP contribution >= 0.6 is 11.6 Å². The zero-order chi connectivity index (χ0) is 13.8. The van der Waals surface area contributed by atoms with Crippen LogP contribution in [0, 0.1) is 15.9 Å². The van der Waals surface area contributed by atoms with Crippen LogP contribution in [0.2, 0.25) is 0 Å². The summed E-state index contributed by atoms with van der Waals surface area (Å²) in [5.74, 6) is -0.954. The second-order valence-corrected chi connectivity index (χ2v) is 5.64. The highest BCUT2D eigenvalue weighted by Gasteiger charge is 2.14. The van der Waals surface area contributed by atoms with Crippen molar-refractivity contribution in [3.05, 3.63) is 34.1 Å². The highest BCUT2D eigenvalue weighted by atomic mass is 35.5. The number of hydrogen-bond donors (Lipinski definition) is 1. The first-order valence-electron chi connectivity index (χ1n) is 4.85. The quantitative estimate of drug-likeness (QED) is 0.494. The third-order valence-corrected chi connectivity index (χ3v) is 3.55. The number of sulfonamides is 1. The Morgan fingerprint density at radius 2 is 2.06 bits per heavy atom. The maximum Gasteiger partial charge on any atom is 0.274 e. The maximum atomic E-state index is 13.1. The summed E-state index contributed by atoms with van der Waals surface area (Å²) < 4.78 is 38.1. The van der Waals surface area contributed by atoms with Crippen molar-refractivity contribution in [2.75, 3.05) is 16.4 Å². The average molecular weight is 297 g/mol. The summed E-state index contributed by atoms with van der Waals surface area (Å²) in [6.45, 7) is 0. The molecule has 0 aliphatic heterocycles. The van der Waals surface area contributed by atoms with Crippen LogP contribution in [-0.4, -0.2) is 25.0 Å². The van der Waals surface area contributed by atoms with Crippen LogP contribution in [0.5, 0.6) is 0 Å². The minimum atomic E-state index is -3.68. The van der Waals surface area contributed by atoms with E-state index in [4.69, 9.17) is 11.6 Å². The van der Waals surface area contributed by atoms with E-state index in [1.54, 1.807) is 0 Å². The highest BCUT2D eigenvalue weighted by molar-refractivity contribution is 7.92. The summed E-state index contributed by atoms with van der Waals surface area (Å²) in [5, 5.41) is 10.5. The maximum absolute atomic E-state index is 13.1. The lowest BCUT2D eigenvalue weighted by Gasteiger charge is -2.07. The average Bonchev–Trinajstić information content (AvgIpc) is 2.25. The van der Waals surface area contributed by atoms with E-state index in [9.17, 15) is 22.9 Å². The second kappa shape index (κ2) is 5.96. The Kier molecular flexibility index (Phi) is 4.85. The fourth-order valence-electron chi connectivity index (χ4n) is 1.21. The smallest absolute Gasteiger partial charge is 0.274 e. The van der Waals surface area contributed by atoms with E-state index >= 15 is 0 Å². The van der Waals surface area contributed by atoms with Crippen LogP contribution in [0.4, 0.5) is 15.8 Å². The van der Waals surface area contributed by atoms with Gasteiger partial charge in [-0.2, -0.15) is 0 Å². The topological polar surface area (TPSA) is 89.3 Å². The first kappa shape index (κ1) is 14.7. The monoisotopic (exact) mass is 296 g/mol. The number of benzene rings is 1. The summed E-state index contributed by atoms with van der Waals surface area (Å²) in [6.07, 6.45) is 0.230. The standard InChI is InChI=1S/C9H10ClFN2O4S/c10-2-1-3-18(16,17)12-8-4-7(11)5-9(6-8)13(14)15/h4-6,12H,1-3H2. The Bertz CT molecular complexity index is 549. The van der Waals surface area contributed by atoms with Gasteiger partial charge in [-0.25, -0.2) is 12.8 Å². The normalized spacial score (nSPS) is 11.2. The van der Waals surface area contributed by atoms with Crippen LogP contribution in [0.15, 0.2) is 18.2 Å². The lowest BCUT2D eigenvalue weighted by atomic mass is 10.3. The van der Waals surface area contributed by atoms with Crippen molar-refractivity contribution in [2.24, 2.45) is 0 Å². The van der Waals surface area contributed by atoms with Gasteiger partial charge in [0.25, 0.3) is 5.69 Å². The Morgan fingerprint density at radius 1 is 1.39 bits per heavy atom. The summed E-state index contributed by atoms with van der Waals surface area (Å²) in [7, 11) is -3.68. The van der Waals surface area contributed by atoms with E-state index in [1.165, 1.54) is 0 Å². The van der Waals surface area contributed by atoms with Gasteiger partial charge in [-0.1, -0.05) is 0 Å². The number of non-ortho nitro benzene ring substituents is 1. The summed E-state index contributed by atoms with van der Waals surface area (Å²) in [4.78, 5) is 9.68. The number of anilines is 1. The largest absolute Gasteiger partial charge is 0.283 e. The van der Waals surface area contributed by atoms with Gasteiger partial charge in [0.15, 0.2) is 0 Å². The summed E-state index contributed by atoms with van der Waals surface area (Å²) >= 11 is 5.36. The molecule has 0 atom stereocenters. The molecule has 0 saturated carbocycles. The molecule has 1 aromatic carbocycles. The van der Waals surface area contributed by atoms with Crippen molar-refractivity contribution < 1.29 is 17.7 Å². The Balaban J connectivity index is 2.94. The van der Waals surface area contributed by atoms with Gasteiger partial charge in [-0.05, 0) is 12.5 Å². The summed E-state index contributed by atoms with van der Waals surface area (Å²) in [6, 6.07) is 2.52. The highest BCUT2D eigenvalue weighted by Crippen LogP contribution is 2.21. The van der Waals surface area contributed by atoms with E-state index in [0.29, 0.717) is 6.07 Å². The molecule has 0 aliphatic carbocycles. The predicted octanol–water partition coefficient (Wildman–Crippen LogP) is 2.10. The first-order valence-corrected chi connectivity index (χ1v) is 7.04. The molecule has 0 heterocycles. The molecule has 0 bridgehead atoms. The number of nitrogens with zero attached hydrogens (tertiary/aromatic N) is 1. The third-order valence-electron chi connectivity index (χ3n) is 1.91. The van der Waals surface area contributed by atoms with Crippen LogP contribution in [0.3, 0.4) is 0 Å². The van der Waals surface area contributed by atoms with Gasteiger partial charge in [0, 0.05) is 11.9 Å². The zero-order valence-electron chi connectivity index (χ0n) is 9.10. The molecule has 0 unspecified atom stereocenters. The molecule has 0 amide bonds. The number of nitro benzene ring substituents is 1. The predicted molar refractivity (Wildman–Crippen MR) is 65.8 cm³/mol. The molecule has 0 fully saturated rings. The zero-order valence-corrected chi connectivity index (χ0v) is 10.7. The number of rotatable bonds is 6. The molecule has 9 heteroatoms. The molecule has 6 nitrogen and oxygen atoms in total. The van der Waals surface area contributed by atoms with Crippen molar-refractivity contribution in [2.45, 2.75) is 6.42 Å². The number of alkyl halides is 1. The number of nitrogens with one attached hydrogen (secondary N) is 1.